The summed E-state index contributed by atoms with van der Waals surface area (Å²) in [5.41, 5.74) is 2.85. The van der Waals surface area contributed by atoms with Gasteiger partial charge in [0.05, 0.1) is 13.0 Å². The van der Waals surface area contributed by atoms with Crippen molar-refractivity contribution in [2.75, 3.05) is 6.61 Å². The number of esters is 1. The second-order valence-electron chi connectivity index (χ2n) is 6.39. The van der Waals surface area contributed by atoms with Crippen molar-refractivity contribution in [2.45, 2.75) is 59.4 Å². The van der Waals surface area contributed by atoms with Crippen LogP contribution in [0.1, 0.15) is 33.6 Å². The number of hydrogen-bond acceptors (Lipinski definition) is 3. The van der Waals surface area contributed by atoms with E-state index in [9.17, 15) is 9.90 Å². The van der Waals surface area contributed by atoms with Crippen molar-refractivity contribution in [3.8, 4) is 11.5 Å². The quantitative estimate of drug-likeness (QED) is 0.474. The van der Waals surface area contributed by atoms with Crippen molar-refractivity contribution in [1.82, 2.24) is 0 Å². The molecule has 0 saturated carbocycles. The minimum absolute atomic E-state index is 0.215. The summed E-state index contributed by atoms with van der Waals surface area (Å²) in [6.45, 7) is 12.5. The van der Waals surface area contributed by atoms with E-state index in [4.69, 9.17) is 4.74 Å². The van der Waals surface area contributed by atoms with Gasteiger partial charge in [0, 0.05) is 0 Å². The normalized spacial score (nSPS) is 13.5. The first-order valence-electron chi connectivity index (χ1n) is 6.42. The van der Waals surface area contributed by atoms with Gasteiger partial charge in [-0.2, -0.15) is 0 Å². The number of aliphatic hydroxyl groups excluding tert-OH is 1. The van der Waals surface area contributed by atoms with Gasteiger partial charge in [-0.1, -0.05) is 39.4 Å². The zero-order valence-corrected chi connectivity index (χ0v) is 13.5. The van der Waals surface area contributed by atoms with Gasteiger partial charge in [-0.15, -0.1) is 5.54 Å². The Morgan fingerprint density at radius 2 is 1.94 bits per heavy atom. The van der Waals surface area contributed by atoms with E-state index < -0.39 is 14.2 Å². The van der Waals surface area contributed by atoms with Crippen LogP contribution < -0.4 is 0 Å². The monoisotopic (exact) mass is 270 g/mol. The molecule has 1 atom stereocenters. The molecule has 0 aliphatic heterocycles. The molecule has 0 heterocycles. The third-order valence-electron chi connectivity index (χ3n) is 2.29. The van der Waals surface area contributed by atoms with Gasteiger partial charge < -0.3 is 9.84 Å². The first-order chi connectivity index (χ1) is 8.06. The number of ether oxygens (including phenoxy) is 1. The summed E-state index contributed by atoms with van der Waals surface area (Å²) in [7, 11) is -1.45. The Balaban J connectivity index is 4.38. The lowest BCUT2D eigenvalue weighted by atomic mass is 9.83. The van der Waals surface area contributed by atoms with Crippen LogP contribution in [0.25, 0.3) is 0 Å². The van der Waals surface area contributed by atoms with E-state index in [1.165, 1.54) is 0 Å². The maximum Gasteiger partial charge on any atom is 0.306 e. The number of carbonyl (C=O) groups is 1. The zero-order valence-electron chi connectivity index (χ0n) is 12.5. The fourth-order valence-corrected chi connectivity index (χ4v) is 2.15. The van der Waals surface area contributed by atoms with Gasteiger partial charge in [0.15, 0.2) is 0 Å². The second kappa shape index (κ2) is 6.96. The molecule has 0 bridgehead atoms. The number of rotatable bonds is 5. The van der Waals surface area contributed by atoms with E-state index in [-0.39, 0.29) is 11.4 Å². The van der Waals surface area contributed by atoms with Crippen molar-refractivity contribution in [2.24, 2.45) is 5.41 Å². The molecular formula is C14H26O3Si. The van der Waals surface area contributed by atoms with Crippen LogP contribution in [0.4, 0.5) is 0 Å². The predicted molar refractivity (Wildman–Crippen MR) is 76.8 cm³/mol. The average Bonchev–Trinajstić information content (AvgIpc) is 2.12. The first kappa shape index (κ1) is 17.2. The molecule has 0 aliphatic rings. The highest BCUT2D eigenvalue weighted by atomic mass is 28.3. The second-order valence-corrected chi connectivity index (χ2v) is 11.1. The third kappa shape index (κ3) is 9.26. The molecule has 1 N–H and O–H groups in total. The van der Waals surface area contributed by atoms with Crippen LogP contribution in [0.2, 0.25) is 19.6 Å². The highest BCUT2D eigenvalue weighted by molar-refractivity contribution is 6.83. The molecule has 0 fully saturated rings. The summed E-state index contributed by atoms with van der Waals surface area (Å²) in [6, 6.07) is 0. The molecular weight excluding hydrogens is 244 g/mol. The summed E-state index contributed by atoms with van der Waals surface area (Å²) in [4.78, 5) is 11.4. The molecule has 0 spiro atoms. The Morgan fingerprint density at radius 1 is 1.39 bits per heavy atom. The zero-order chi connectivity index (χ0) is 14.4. The topological polar surface area (TPSA) is 46.5 Å². The van der Waals surface area contributed by atoms with Crippen molar-refractivity contribution in [3.63, 3.8) is 0 Å². The number of hydrogen-bond donors (Lipinski definition) is 1. The summed E-state index contributed by atoms with van der Waals surface area (Å²) >= 11 is 0. The first-order valence-corrected chi connectivity index (χ1v) is 9.92. The van der Waals surface area contributed by atoms with E-state index in [1.54, 1.807) is 6.92 Å². The smallest absolute Gasteiger partial charge is 0.306 e. The highest BCUT2D eigenvalue weighted by Gasteiger charge is 2.25. The lowest BCUT2D eigenvalue weighted by molar-refractivity contribution is -0.145. The molecule has 104 valence electrons. The highest BCUT2D eigenvalue weighted by Crippen LogP contribution is 2.27. The standard InChI is InChI=1S/C14H26O3Si/c1-7-17-13(16)11-14(2,3)10-12(15)8-9-18(4,5)6/h12,15H,7,10-11H2,1-6H3/t12-/m1/s1. The molecule has 0 rings (SSSR count). The van der Waals surface area contributed by atoms with Gasteiger partial charge >= 0.3 is 5.97 Å². The maximum atomic E-state index is 11.4. The molecule has 0 aromatic rings. The van der Waals surface area contributed by atoms with Crippen molar-refractivity contribution >= 4 is 14.0 Å². The maximum absolute atomic E-state index is 11.4. The molecule has 0 aliphatic carbocycles. The van der Waals surface area contributed by atoms with E-state index in [1.807, 2.05) is 13.8 Å². The van der Waals surface area contributed by atoms with Crippen LogP contribution in [-0.4, -0.2) is 31.9 Å². The molecule has 18 heavy (non-hydrogen) atoms. The van der Waals surface area contributed by atoms with Crippen LogP contribution in [0.15, 0.2) is 0 Å². The Morgan fingerprint density at radius 3 is 2.39 bits per heavy atom. The number of carbonyl (C=O) groups excluding carboxylic acids is 1. The molecule has 0 aromatic heterocycles. The van der Waals surface area contributed by atoms with Crippen LogP contribution in [0, 0.1) is 16.9 Å². The largest absolute Gasteiger partial charge is 0.466 e. The third-order valence-corrected chi connectivity index (χ3v) is 3.18. The molecule has 0 amide bonds. The Bertz CT molecular complexity index is 331. The van der Waals surface area contributed by atoms with Crippen LogP contribution in [0.5, 0.6) is 0 Å². The van der Waals surface area contributed by atoms with Gasteiger partial charge in [-0.3, -0.25) is 4.79 Å². The lowest BCUT2D eigenvalue weighted by Gasteiger charge is -2.24. The fourth-order valence-electron chi connectivity index (χ4n) is 1.55. The Hall–Kier alpha value is -0.793. The van der Waals surface area contributed by atoms with Gasteiger partial charge in [0.1, 0.15) is 14.2 Å². The number of aliphatic hydroxyl groups is 1. The van der Waals surface area contributed by atoms with Gasteiger partial charge in [0.2, 0.25) is 0 Å². The minimum atomic E-state index is -1.45. The van der Waals surface area contributed by atoms with Gasteiger partial charge in [-0.25, -0.2) is 0 Å². The minimum Gasteiger partial charge on any atom is -0.466 e. The van der Waals surface area contributed by atoms with Gasteiger partial charge in [0.25, 0.3) is 0 Å². The van der Waals surface area contributed by atoms with E-state index >= 15 is 0 Å². The molecule has 0 saturated heterocycles. The predicted octanol–water partition coefficient (Wildman–Crippen LogP) is 2.60. The van der Waals surface area contributed by atoms with Crippen molar-refractivity contribution < 1.29 is 14.6 Å². The Labute approximate surface area is 112 Å². The van der Waals surface area contributed by atoms with E-state index in [0.29, 0.717) is 19.4 Å². The molecule has 4 heteroatoms. The molecule has 0 aromatic carbocycles. The van der Waals surface area contributed by atoms with Crippen molar-refractivity contribution in [1.29, 1.82) is 0 Å². The summed E-state index contributed by atoms with van der Waals surface area (Å²) in [5, 5.41) is 9.89. The van der Waals surface area contributed by atoms with E-state index in [0.717, 1.165) is 0 Å². The lowest BCUT2D eigenvalue weighted by Crippen LogP contribution is -2.25. The van der Waals surface area contributed by atoms with Crippen LogP contribution in [0.3, 0.4) is 0 Å². The molecule has 3 nitrogen and oxygen atoms in total. The summed E-state index contributed by atoms with van der Waals surface area (Å²) < 4.78 is 4.92. The van der Waals surface area contributed by atoms with Crippen LogP contribution in [-0.2, 0) is 9.53 Å². The van der Waals surface area contributed by atoms with Crippen LogP contribution >= 0.6 is 0 Å². The Kier molecular flexibility index (Phi) is 6.65. The molecule has 0 unspecified atom stereocenters. The van der Waals surface area contributed by atoms with Gasteiger partial charge in [-0.05, 0) is 18.8 Å². The van der Waals surface area contributed by atoms with Crippen molar-refractivity contribution in [3.05, 3.63) is 0 Å². The fraction of sp³-hybridized carbons (Fsp3) is 0.786. The average molecular weight is 270 g/mol. The summed E-state index contributed by atoms with van der Waals surface area (Å²) in [5.74, 6) is 2.68. The van der Waals surface area contributed by atoms with E-state index in [2.05, 4.69) is 31.1 Å². The molecule has 0 radical (unpaired) electrons. The summed E-state index contributed by atoms with van der Waals surface area (Å²) in [6.07, 6.45) is 0.136. The SMILES string of the molecule is CCOC(=O)CC(C)(C)C[C@H](O)C#C[Si](C)(C)C.